The number of anilines is 2. The van der Waals surface area contributed by atoms with E-state index in [1.165, 1.54) is 12.0 Å². The fourth-order valence-corrected chi connectivity index (χ4v) is 2.76. The first kappa shape index (κ1) is 16.3. The van der Waals surface area contributed by atoms with Crippen LogP contribution < -0.4 is 15.0 Å². The molecule has 1 heterocycles. The highest BCUT2D eigenvalue weighted by atomic mass is 16.5. The van der Waals surface area contributed by atoms with Crippen LogP contribution in [0.25, 0.3) is 5.57 Å². The van der Waals surface area contributed by atoms with Crippen LogP contribution in [0.2, 0.25) is 0 Å². The normalized spacial score (nSPS) is 14.6. The molecule has 2 amide bonds. The third-order valence-corrected chi connectivity index (χ3v) is 4.00. The molecule has 3 rings (SSSR count). The molecule has 0 unspecified atom stereocenters. The van der Waals surface area contributed by atoms with Gasteiger partial charge in [-0.15, -0.1) is 0 Å². The van der Waals surface area contributed by atoms with Gasteiger partial charge in [-0.05, 0) is 18.2 Å². The van der Waals surface area contributed by atoms with Gasteiger partial charge in [0.2, 0.25) is 0 Å². The summed E-state index contributed by atoms with van der Waals surface area (Å²) in [5.74, 6) is -0.568. The molecule has 0 saturated carbocycles. The Labute approximate surface area is 144 Å². The van der Waals surface area contributed by atoms with E-state index in [0.29, 0.717) is 22.7 Å². The molecule has 25 heavy (non-hydrogen) atoms. The number of methoxy groups -OCH3 is 1. The number of benzene rings is 2. The number of ether oxygens (including phenoxy) is 1. The lowest BCUT2D eigenvalue weighted by atomic mass is 10.0. The molecular weight excluding hydrogens is 318 g/mol. The van der Waals surface area contributed by atoms with Crippen molar-refractivity contribution in [3.63, 3.8) is 0 Å². The number of hydrogen-bond acceptors (Lipinski definition) is 4. The summed E-state index contributed by atoms with van der Waals surface area (Å²) < 4.78 is 5.19. The molecule has 6 heteroatoms. The summed E-state index contributed by atoms with van der Waals surface area (Å²) in [6.45, 7) is 0. The van der Waals surface area contributed by atoms with Gasteiger partial charge in [0.1, 0.15) is 17.4 Å². The highest BCUT2D eigenvalue weighted by Gasteiger charge is 2.34. The van der Waals surface area contributed by atoms with Crippen molar-refractivity contribution in [1.82, 2.24) is 0 Å². The largest absolute Gasteiger partial charge is 0.495 e. The van der Waals surface area contributed by atoms with Gasteiger partial charge in [-0.3, -0.25) is 9.59 Å². The van der Waals surface area contributed by atoms with Crippen LogP contribution in [-0.2, 0) is 9.59 Å². The number of para-hydroxylation sites is 3. The number of carbonyl (C=O) groups excluding carboxylic acids is 2. The molecule has 1 aliphatic heterocycles. The number of carbonyl (C=O) groups is 2. The lowest BCUT2D eigenvalue weighted by Crippen LogP contribution is -2.23. The first-order valence-corrected chi connectivity index (χ1v) is 7.54. The van der Waals surface area contributed by atoms with Crippen LogP contribution in [0.1, 0.15) is 5.56 Å². The molecule has 0 radical (unpaired) electrons. The monoisotopic (exact) mass is 333 g/mol. The van der Waals surface area contributed by atoms with E-state index in [0.717, 1.165) is 0 Å². The van der Waals surface area contributed by atoms with Crippen molar-refractivity contribution in [3.05, 3.63) is 59.7 Å². The molecule has 0 spiro atoms. The molecule has 0 aliphatic carbocycles. The molecule has 1 N–H and O–H groups in total. The maximum absolute atomic E-state index is 12.6. The molecule has 0 saturated heterocycles. The molecule has 124 valence electrons. The standard InChI is InChI=1S/C19H15N3O3/c1-22-15-9-5-3-7-12(15)17(19(22)24)13(11-20)18(23)21-14-8-4-6-10-16(14)25-2/h3-10H,1-2H3,(H,21,23)/b17-13-. The Hall–Kier alpha value is -3.59. The molecule has 2 aromatic rings. The minimum atomic E-state index is -0.652. The minimum absolute atomic E-state index is 0.105. The zero-order valence-corrected chi connectivity index (χ0v) is 13.7. The smallest absolute Gasteiger partial charge is 0.267 e. The van der Waals surface area contributed by atoms with Crippen molar-refractivity contribution in [2.45, 2.75) is 0 Å². The number of nitriles is 1. The first-order chi connectivity index (χ1) is 12.1. The van der Waals surface area contributed by atoms with E-state index in [1.807, 2.05) is 6.07 Å². The summed E-state index contributed by atoms with van der Waals surface area (Å²) in [4.78, 5) is 26.6. The summed E-state index contributed by atoms with van der Waals surface area (Å²) in [7, 11) is 3.10. The average molecular weight is 333 g/mol. The quantitative estimate of drug-likeness (QED) is 0.691. The molecule has 0 aromatic heterocycles. The number of fused-ring (bicyclic) bond motifs is 1. The van der Waals surface area contributed by atoms with E-state index in [1.54, 1.807) is 55.6 Å². The highest BCUT2D eigenvalue weighted by Crippen LogP contribution is 2.37. The van der Waals surface area contributed by atoms with E-state index >= 15 is 0 Å². The molecule has 0 atom stereocenters. The van der Waals surface area contributed by atoms with Gasteiger partial charge in [-0.2, -0.15) is 5.26 Å². The van der Waals surface area contributed by atoms with E-state index in [-0.39, 0.29) is 17.1 Å². The van der Waals surface area contributed by atoms with Crippen molar-refractivity contribution in [2.75, 3.05) is 24.4 Å². The topological polar surface area (TPSA) is 82.4 Å². The minimum Gasteiger partial charge on any atom is -0.495 e. The summed E-state index contributed by atoms with van der Waals surface area (Å²) in [6, 6.07) is 15.8. The van der Waals surface area contributed by atoms with Gasteiger partial charge in [-0.1, -0.05) is 30.3 Å². The van der Waals surface area contributed by atoms with E-state index < -0.39 is 5.91 Å². The average Bonchev–Trinajstić information content (AvgIpc) is 2.88. The zero-order valence-electron chi connectivity index (χ0n) is 13.7. The van der Waals surface area contributed by atoms with Crippen molar-refractivity contribution in [1.29, 1.82) is 5.26 Å². The summed E-state index contributed by atoms with van der Waals surface area (Å²) in [6.07, 6.45) is 0. The SMILES string of the molecule is COc1ccccc1NC(=O)/C(C#N)=C1\C(=O)N(C)c2ccccc21. The number of hydrogen-bond donors (Lipinski definition) is 1. The Bertz CT molecular complexity index is 941. The third kappa shape index (κ3) is 2.72. The van der Waals surface area contributed by atoms with Crippen molar-refractivity contribution < 1.29 is 14.3 Å². The fourth-order valence-electron chi connectivity index (χ4n) is 2.76. The maximum Gasteiger partial charge on any atom is 0.267 e. The van der Waals surface area contributed by atoms with Gasteiger partial charge in [0.25, 0.3) is 11.8 Å². The van der Waals surface area contributed by atoms with Gasteiger partial charge in [0.15, 0.2) is 0 Å². The highest BCUT2D eigenvalue weighted by molar-refractivity contribution is 6.37. The zero-order chi connectivity index (χ0) is 18.0. The molecule has 1 aliphatic rings. The molecular formula is C19H15N3O3. The third-order valence-electron chi connectivity index (χ3n) is 4.00. The number of nitrogens with one attached hydrogen (secondary N) is 1. The first-order valence-electron chi connectivity index (χ1n) is 7.54. The van der Waals surface area contributed by atoms with Gasteiger partial charge in [0, 0.05) is 12.6 Å². The number of amides is 2. The van der Waals surface area contributed by atoms with Crippen LogP contribution in [-0.4, -0.2) is 26.0 Å². The van der Waals surface area contributed by atoms with Gasteiger partial charge in [-0.25, -0.2) is 0 Å². The number of likely N-dealkylation sites (N-methyl/N-ethyl adjacent to an activating group) is 1. The van der Waals surface area contributed by atoms with Gasteiger partial charge in [0.05, 0.1) is 24.1 Å². The van der Waals surface area contributed by atoms with Crippen LogP contribution in [0.5, 0.6) is 5.75 Å². The lowest BCUT2D eigenvalue weighted by Gasteiger charge is -2.10. The van der Waals surface area contributed by atoms with E-state index in [2.05, 4.69) is 5.32 Å². The van der Waals surface area contributed by atoms with Gasteiger partial charge < -0.3 is 15.0 Å². The van der Waals surface area contributed by atoms with Crippen LogP contribution in [0.3, 0.4) is 0 Å². The Balaban J connectivity index is 2.05. The molecule has 6 nitrogen and oxygen atoms in total. The van der Waals surface area contributed by atoms with Gasteiger partial charge >= 0.3 is 0 Å². The Morgan fingerprint density at radius 1 is 1.16 bits per heavy atom. The predicted octanol–water partition coefficient (Wildman–Crippen LogP) is 2.59. The van der Waals surface area contributed by atoms with Crippen LogP contribution >= 0.6 is 0 Å². The number of rotatable bonds is 3. The predicted molar refractivity (Wildman–Crippen MR) is 94.0 cm³/mol. The second kappa shape index (κ2) is 6.49. The summed E-state index contributed by atoms with van der Waals surface area (Å²) >= 11 is 0. The van der Waals surface area contributed by atoms with E-state index in [9.17, 15) is 14.9 Å². The van der Waals surface area contributed by atoms with Crippen molar-refractivity contribution in [2.24, 2.45) is 0 Å². The van der Waals surface area contributed by atoms with Crippen LogP contribution in [0.15, 0.2) is 54.1 Å². The lowest BCUT2D eigenvalue weighted by molar-refractivity contribution is -0.114. The molecule has 0 bridgehead atoms. The molecule has 2 aromatic carbocycles. The van der Waals surface area contributed by atoms with E-state index in [4.69, 9.17) is 4.74 Å². The maximum atomic E-state index is 12.6. The second-order valence-corrected chi connectivity index (χ2v) is 5.40. The fraction of sp³-hybridized carbons (Fsp3) is 0.105. The number of nitrogens with zero attached hydrogens (tertiary/aromatic N) is 2. The van der Waals surface area contributed by atoms with Crippen LogP contribution in [0, 0.1) is 11.3 Å². The van der Waals surface area contributed by atoms with Crippen molar-refractivity contribution in [3.8, 4) is 11.8 Å². The Morgan fingerprint density at radius 2 is 1.84 bits per heavy atom. The molecule has 0 fully saturated rings. The van der Waals surface area contributed by atoms with Crippen molar-refractivity contribution >= 4 is 28.8 Å². The summed E-state index contributed by atoms with van der Waals surface area (Å²) in [5.41, 5.74) is 1.54. The summed E-state index contributed by atoms with van der Waals surface area (Å²) in [5, 5.41) is 12.2. The Morgan fingerprint density at radius 3 is 2.56 bits per heavy atom. The van der Waals surface area contributed by atoms with Crippen LogP contribution in [0.4, 0.5) is 11.4 Å². The Kier molecular flexibility index (Phi) is 4.23. The second-order valence-electron chi connectivity index (χ2n) is 5.40.